The van der Waals surface area contributed by atoms with Crippen molar-refractivity contribution in [3.05, 3.63) is 21.7 Å². The van der Waals surface area contributed by atoms with Crippen LogP contribution in [0, 0.1) is 24.2 Å². The van der Waals surface area contributed by atoms with Crippen LogP contribution in [0.2, 0.25) is 36.3 Å². The van der Waals surface area contributed by atoms with Crippen LogP contribution in [0.15, 0.2) is 11.0 Å². The molecule has 0 N–H and O–H groups in total. The first-order valence-corrected chi connectivity index (χ1v) is 24.9. The molecule has 0 aromatic carbocycles. The maximum atomic E-state index is 14.9. The number of nitrogens with zero attached hydrogens (tertiary/aromatic N) is 1. The molecule has 0 amide bonds. The molecule has 2 aliphatic heterocycles. The topological polar surface area (TPSA) is 87.2 Å². The lowest BCUT2D eigenvalue weighted by Gasteiger charge is -2.44. The summed E-state index contributed by atoms with van der Waals surface area (Å²) in [6, 6.07) is 5.92. The largest absolute Gasteiger partial charge is 0.458 e. The number of rotatable bonds is 12. The number of aryl methyl sites for hydroxylation is 1. The molecule has 3 heterocycles. The van der Waals surface area contributed by atoms with E-state index in [0.29, 0.717) is 6.42 Å². The summed E-state index contributed by atoms with van der Waals surface area (Å²) in [5.74, 6) is -0.307. The van der Waals surface area contributed by atoms with Gasteiger partial charge >= 0.3 is 5.97 Å². The number of thiazole rings is 1. The standard InChI is InChI=1S/C38H67NO6SSi2/c1-13-47(14-2,15-3)44-34-24-35(40)43-32(27(8)22-30-25-46-29(10)39-30)23-33-31(42-33)21-19-20-26(7)36(28(9)37(41)38(34,11)12)45-48(16-4,17-5)18-6/h22,25-26,28,31-34,36H,13-21,23-24H2,1-12H3/b27-22+/t26-,28+,31+,32?,33?,34-,36-/m0/s1. The number of carbonyl (C=O) groups excluding carboxylic acids is 2. The van der Waals surface area contributed by atoms with Crippen molar-refractivity contribution < 1.29 is 27.9 Å². The highest BCUT2D eigenvalue weighted by atomic mass is 32.1. The summed E-state index contributed by atoms with van der Waals surface area (Å²) in [5, 5.41) is 3.03. The fourth-order valence-corrected chi connectivity index (χ4v) is 14.3. The Morgan fingerprint density at radius 2 is 1.54 bits per heavy atom. The first kappa shape index (κ1) is 41.2. The lowest BCUT2D eigenvalue weighted by molar-refractivity contribution is -0.153. The Hall–Kier alpha value is -1.18. The van der Waals surface area contributed by atoms with Crippen molar-refractivity contribution in [3.8, 4) is 0 Å². The van der Waals surface area contributed by atoms with Crippen molar-refractivity contribution in [2.24, 2.45) is 17.3 Å². The number of hydrogen-bond donors (Lipinski definition) is 0. The van der Waals surface area contributed by atoms with Gasteiger partial charge in [0, 0.05) is 23.1 Å². The number of aromatic nitrogens is 1. The molecule has 10 heteroatoms. The minimum absolute atomic E-state index is 0.0351. The molecule has 0 bridgehead atoms. The molecule has 0 aliphatic carbocycles. The molecule has 3 rings (SSSR count). The van der Waals surface area contributed by atoms with Gasteiger partial charge in [0.25, 0.3) is 0 Å². The number of epoxide rings is 1. The highest BCUT2D eigenvalue weighted by Gasteiger charge is 2.49. The van der Waals surface area contributed by atoms with Gasteiger partial charge in [-0.25, -0.2) is 4.98 Å². The average Bonchev–Trinajstić information content (AvgIpc) is 3.68. The number of ether oxygens (including phenoxy) is 2. The molecule has 274 valence electrons. The number of Topliss-reactive ketones (excluding diaryl/α,β-unsaturated/α-hetero) is 1. The van der Waals surface area contributed by atoms with Crippen LogP contribution in [0.25, 0.3) is 6.08 Å². The average molecular weight is 722 g/mol. The van der Waals surface area contributed by atoms with Gasteiger partial charge in [0.15, 0.2) is 16.6 Å². The summed E-state index contributed by atoms with van der Waals surface area (Å²) in [7, 11) is -4.21. The van der Waals surface area contributed by atoms with Gasteiger partial charge in [-0.2, -0.15) is 0 Å². The van der Waals surface area contributed by atoms with Crippen molar-refractivity contribution >= 4 is 45.8 Å². The zero-order valence-corrected chi connectivity index (χ0v) is 35.1. The quantitative estimate of drug-likeness (QED) is 0.121. The van der Waals surface area contributed by atoms with Crippen LogP contribution in [0.4, 0.5) is 0 Å². The van der Waals surface area contributed by atoms with Crippen LogP contribution >= 0.6 is 11.3 Å². The van der Waals surface area contributed by atoms with Gasteiger partial charge in [-0.1, -0.05) is 75.7 Å². The van der Waals surface area contributed by atoms with E-state index in [9.17, 15) is 9.59 Å². The summed E-state index contributed by atoms with van der Waals surface area (Å²) in [6.07, 6.45) is 4.65. The summed E-state index contributed by atoms with van der Waals surface area (Å²) < 4.78 is 26.9. The van der Waals surface area contributed by atoms with Crippen molar-refractivity contribution in [3.63, 3.8) is 0 Å². The zero-order valence-electron chi connectivity index (χ0n) is 32.3. The van der Waals surface area contributed by atoms with Crippen LogP contribution < -0.4 is 0 Å². The molecule has 7 atom stereocenters. The molecule has 7 nitrogen and oxygen atoms in total. The Kier molecular flexibility index (Phi) is 15.3. The smallest absolute Gasteiger partial charge is 0.309 e. The van der Waals surface area contributed by atoms with Gasteiger partial charge in [0.2, 0.25) is 0 Å². The SMILES string of the molecule is CC[Si](CC)(CC)O[C@H]1[C@@H](C)CCC[C@H]2OC2CC(/C(C)=C/c2csc(C)n2)OC(=O)C[C@H](O[Si](CC)(CC)CC)C(C)(C)C(=O)[C@@H]1C. The second-order valence-corrected chi connectivity index (χ2v) is 25.8. The fraction of sp³-hybridized carbons (Fsp3) is 0.816. The predicted octanol–water partition coefficient (Wildman–Crippen LogP) is 10.1. The molecule has 48 heavy (non-hydrogen) atoms. The molecular weight excluding hydrogens is 655 g/mol. The summed E-state index contributed by atoms with van der Waals surface area (Å²) in [5.41, 5.74) is 0.922. The minimum atomic E-state index is -2.20. The second-order valence-electron chi connectivity index (χ2n) is 15.3. The Labute approximate surface area is 298 Å². The van der Waals surface area contributed by atoms with Crippen molar-refractivity contribution in [1.29, 1.82) is 0 Å². The Morgan fingerprint density at radius 3 is 2.08 bits per heavy atom. The monoisotopic (exact) mass is 721 g/mol. The van der Waals surface area contributed by atoms with E-state index >= 15 is 0 Å². The Balaban J connectivity index is 2.05. The molecule has 1 aromatic rings. The maximum absolute atomic E-state index is 14.9. The van der Waals surface area contributed by atoms with Crippen LogP contribution in [-0.2, 0) is 27.9 Å². The summed E-state index contributed by atoms with van der Waals surface area (Å²) in [6.45, 7) is 25.7. The van der Waals surface area contributed by atoms with Gasteiger partial charge in [-0.3, -0.25) is 9.59 Å². The summed E-state index contributed by atoms with van der Waals surface area (Å²) >= 11 is 1.61. The van der Waals surface area contributed by atoms with E-state index in [1.165, 1.54) is 0 Å². The molecule has 0 spiro atoms. The van der Waals surface area contributed by atoms with Crippen molar-refractivity contribution in [1.82, 2.24) is 4.98 Å². The number of carbonyl (C=O) groups is 2. The molecule has 2 saturated heterocycles. The number of ketones is 1. The van der Waals surface area contributed by atoms with E-state index in [2.05, 4.69) is 60.4 Å². The normalized spacial score (nSPS) is 29.8. The number of esters is 1. The lowest BCUT2D eigenvalue weighted by Crippen LogP contribution is -2.53. The third-order valence-corrected chi connectivity index (χ3v) is 22.1. The highest BCUT2D eigenvalue weighted by Crippen LogP contribution is 2.41. The van der Waals surface area contributed by atoms with Gasteiger partial charge in [-0.05, 0) is 80.5 Å². The zero-order chi connectivity index (χ0) is 35.9. The first-order valence-electron chi connectivity index (χ1n) is 19.0. The van der Waals surface area contributed by atoms with Crippen LogP contribution in [0.1, 0.15) is 119 Å². The van der Waals surface area contributed by atoms with Gasteiger partial charge in [0.05, 0.1) is 41.5 Å². The number of fused-ring (bicyclic) bond motifs is 1. The number of hydrogen-bond acceptors (Lipinski definition) is 8. The molecular formula is C38H67NO6SSi2. The maximum Gasteiger partial charge on any atom is 0.309 e. The molecule has 0 radical (unpaired) electrons. The molecule has 2 unspecified atom stereocenters. The Bertz CT molecular complexity index is 1210. The minimum Gasteiger partial charge on any atom is -0.458 e. The predicted molar refractivity (Wildman–Crippen MR) is 203 cm³/mol. The van der Waals surface area contributed by atoms with Crippen molar-refractivity contribution in [2.75, 3.05) is 0 Å². The molecule has 2 fully saturated rings. The lowest BCUT2D eigenvalue weighted by atomic mass is 9.73. The third kappa shape index (κ3) is 10.2. The van der Waals surface area contributed by atoms with Crippen LogP contribution in [0.3, 0.4) is 0 Å². The highest BCUT2D eigenvalue weighted by molar-refractivity contribution is 7.09. The van der Waals surface area contributed by atoms with E-state index in [-0.39, 0.29) is 48.3 Å². The number of cyclic esters (lactones) is 1. The van der Waals surface area contributed by atoms with E-state index < -0.39 is 34.3 Å². The summed E-state index contributed by atoms with van der Waals surface area (Å²) in [4.78, 5) is 33.5. The second kappa shape index (κ2) is 17.8. The van der Waals surface area contributed by atoms with E-state index in [0.717, 1.165) is 71.8 Å². The van der Waals surface area contributed by atoms with Crippen LogP contribution in [0.5, 0.6) is 0 Å². The molecule has 2 aliphatic rings. The van der Waals surface area contributed by atoms with Gasteiger partial charge in [0.1, 0.15) is 11.9 Å². The molecule has 0 saturated carbocycles. The first-order chi connectivity index (χ1) is 22.6. The fourth-order valence-electron chi connectivity index (χ4n) is 7.75. The van der Waals surface area contributed by atoms with Gasteiger partial charge < -0.3 is 18.3 Å². The third-order valence-electron chi connectivity index (χ3n) is 12.0. The van der Waals surface area contributed by atoms with E-state index in [1.54, 1.807) is 11.3 Å². The van der Waals surface area contributed by atoms with Gasteiger partial charge in [-0.15, -0.1) is 11.3 Å². The van der Waals surface area contributed by atoms with E-state index in [1.807, 2.05) is 39.2 Å². The van der Waals surface area contributed by atoms with E-state index in [4.69, 9.17) is 18.3 Å². The molecule has 1 aromatic heterocycles. The van der Waals surface area contributed by atoms with Crippen LogP contribution in [-0.4, -0.2) is 63.9 Å². The Morgan fingerprint density at radius 1 is 0.958 bits per heavy atom. The van der Waals surface area contributed by atoms with Crippen molar-refractivity contribution in [2.45, 2.75) is 182 Å².